The zero-order valence-electron chi connectivity index (χ0n) is 26.7. The highest BCUT2D eigenvalue weighted by atomic mass is 16.5. The van der Waals surface area contributed by atoms with Gasteiger partial charge in [-0.15, -0.1) is 0 Å². The molecule has 0 saturated carbocycles. The third kappa shape index (κ3) is 8.34. The molecule has 6 N–H and O–H groups in total. The van der Waals surface area contributed by atoms with Crippen LogP contribution in [0, 0.1) is 0 Å². The number of ether oxygens (including phenoxy) is 1. The molecule has 5 aromatic carbocycles. The maximum atomic E-state index is 11.7. The number of aromatic amines is 1. The van der Waals surface area contributed by atoms with E-state index in [4.69, 9.17) is 4.74 Å². The van der Waals surface area contributed by atoms with E-state index in [-0.39, 0.29) is 11.3 Å². The summed E-state index contributed by atoms with van der Waals surface area (Å²) in [5, 5.41) is 36.8. The van der Waals surface area contributed by atoms with Crippen LogP contribution < -0.4 is 20.9 Å². The second-order valence-corrected chi connectivity index (χ2v) is 11.8. The SMILES string of the molecule is O=C(O)NC(c1ccccc1)c1cccc(OCCc2ccc(-c3ccc(CNC[C@@H](O)c4ccc(O)c5[nH]c(=O)ccc45)cc3)cc2)c1. The van der Waals surface area contributed by atoms with Gasteiger partial charge in [-0.2, -0.15) is 0 Å². The van der Waals surface area contributed by atoms with Crippen molar-refractivity contribution in [3.05, 3.63) is 166 Å². The fraction of sp³-hybridized carbons (Fsp3) is 0.150. The van der Waals surface area contributed by atoms with Crippen molar-refractivity contribution in [1.29, 1.82) is 0 Å². The zero-order valence-corrected chi connectivity index (χ0v) is 26.7. The number of hydrogen-bond donors (Lipinski definition) is 6. The molecule has 2 atom stereocenters. The molecule has 0 aliphatic rings. The summed E-state index contributed by atoms with van der Waals surface area (Å²) >= 11 is 0. The standard InChI is InChI=1S/C40H37N3O6/c44-35-19-17-33(34-18-20-37(46)42-39(34)35)36(45)25-41-24-27-11-15-29(16-12-27)28-13-9-26(10-14-28)21-22-49-32-8-4-7-31(23-32)38(43-40(47)48)30-5-2-1-3-6-30/h1-20,23,36,38,41,43-45H,21-22,24-25H2,(H,42,46)(H,47,48)/t36-,38?/m1/s1. The van der Waals surface area contributed by atoms with E-state index in [9.17, 15) is 24.9 Å². The van der Waals surface area contributed by atoms with E-state index in [0.717, 1.165) is 33.4 Å². The molecule has 6 aromatic rings. The highest BCUT2D eigenvalue weighted by Crippen LogP contribution is 2.29. The van der Waals surface area contributed by atoms with Crippen LogP contribution in [0.15, 0.2) is 132 Å². The van der Waals surface area contributed by atoms with E-state index in [1.54, 1.807) is 12.1 Å². The Morgan fingerprint density at radius 3 is 2.18 bits per heavy atom. The summed E-state index contributed by atoms with van der Waals surface area (Å²) in [6, 6.07) is 39.2. The van der Waals surface area contributed by atoms with Gasteiger partial charge in [0.15, 0.2) is 0 Å². The van der Waals surface area contributed by atoms with E-state index >= 15 is 0 Å². The number of carboxylic acid groups (broad SMARTS) is 1. The van der Waals surface area contributed by atoms with Crippen LogP contribution in [0.5, 0.6) is 11.5 Å². The van der Waals surface area contributed by atoms with Gasteiger partial charge in [-0.05, 0) is 63.2 Å². The minimum absolute atomic E-state index is 0.0369. The minimum atomic E-state index is -1.09. The molecule has 1 aromatic heterocycles. The van der Waals surface area contributed by atoms with Crippen molar-refractivity contribution in [2.75, 3.05) is 13.2 Å². The average Bonchev–Trinajstić information content (AvgIpc) is 3.12. The van der Waals surface area contributed by atoms with Gasteiger partial charge in [0.25, 0.3) is 0 Å². The maximum Gasteiger partial charge on any atom is 0.405 e. The molecule has 6 rings (SSSR count). The molecule has 0 bridgehead atoms. The van der Waals surface area contributed by atoms with Crippen LogP contribution >= 0.6 is 0 Å². The predicted octanol–water partition coefficient (Wildman–Crippen LogP) is 6.70. The summed E-state index contributed by atoms with van der Waals surface area (Å²) < 4.78 is 6.05. The second kappa shape index (κ2) is 15.3. The maximum absolute atomic E-state index is 11.7. The van der Waals surface area contributed by atoms with E-state index in [2.05, 4.69) is 64.1 Å². The number of carbonyl (C=O) groups is 1. The number of H-pyrrole nitrogens is 1. The van der Waals surface area contributed by atoms with Crippen molar-refractivity contribution in [2.45, 2.75) is 25.1 Å². The van der Waals surface area contributed by atoms with Gasteiger partial charge in [0.2, 0.25) is 5.56 Å². The topological polar surface area (TPSA) is 144 Å². The number of nitrogens with one attached hydrogen (secondary N) is 3. The minimum Gasteiger partial charge on any atom is -0.506 e. The number of aliphatic hydroxyl groups is 1. The number of amides is 1. The number of phenolic OH excluding ortho intramolecular Hbond substituents is 1. The summed E-state index contributed by atoms with van der Waals surface area (Å²) in [5.74, 6) is 0.642. The Balaban J connectivity index is 0.996. The molecule has 0 saturated heterocycles. The van der Waals surface area contributed by atoms with Gasteiger partial charge in [-0.1, -0.05) is 97.1 Å². The quantitative estimate of drug-likeness (QED) is 0.0812. The molecular weight excluding hydrogens is 618 g/mol. The van der Waals surface area contributed by atoms with Crippen molar-refractivity contribution in [3.63, 3.8) is 0 Å². The summed E-state index contributed by atoms with van der Waals surface area (Å²) in [6.07, 6.45) is -1.20. The van der Waals surface area contributed by atoms with Crippen LogP contribution in [0.1, 0.15) is 40.0 Å². The molecule has 1 amide bonds. The molecule has 0 aliphatic heterocycles. The Morgan fingerprint density at radius 1 is 0.776 bits per heavy atom. The normalized spacial score (nSPS) is 12.3. The van der Waals surface area contributed by atoms with Crippen molar-refractivity contribution in [3.8, 4) is 22.6 Å². The number of aromatic hydroxyl groups is 1. The van der Waals surface area contributed by atoms with Gasteiger partial charge in [0.05, 0.1) is 24.3 Å². The lowest BCUT2D eigenvalue weighted by Crippen LogP contribution is -2.27. The molecule has 1 unspecified atom stereocenters. The third-order valence-corrected chi connectivity index (χ3v) is 8.43. The van der Waals surface area contributed by atoms with Crippen LogP contribution in [0.4, 0.5) is 4.79 Å². The Labute approximate surface area is 283 Å². The van der Waals surface area contributed by atoms with Gasteiger partial charge >= 0.3 is 6.09 Å². The fourth-order valence-electron chi connectivity index (χ4n) is 5.89. The number of aromatic nitrogens is 1. The first-order valence-corrected chi connectivity index (χ1v) is 16.0. The first-order chi connectivity index (χ1) is 23.8. The summed E-state index contributed by atoms with van der Waals surface area (Å²) in [7, 11) is 0. The van der Waals surface area contributed by atoms with Gasteiger partial charge in [-0.25, -0.2) is 4.79 Å². The molecule has 0 spiro atoms. The van der Waals surface area contributed by atoms with Gasteiger partial charge in [0, 0.05) is 31.0 Å². The van der Waals surface area contributed by atoms with E-state index in [1.807, 2.05) is 54.6 Å². The molecule has 9 nitrogen and oxygen atoms in total. The Hall–Kier alpha value is -5.90. The number of aliphatic hydroxyl groups excluding tert-OH is 1. The van der Waals surface area contributed by atoms with E-state index < -0.39 is 18.2 Å². The van der Waals surface area contributed by atoms with E-state index in [1.165, 1.54) is 12.1 Å². The van der Waals surface area contributed by atoms with Crippen LogP contribution in [0.3, 0.4) is 0 Å². The Kier molecular flexibility index (Phi) is 10.3. The predicted molar refractivity (Wildman–Crippen MR) is 190 cm³/mol. The molecule has 0 fully saturated rings. The van der Waals surface area contributed by atoms with Crippen LogP contribution in [-0.2, 0) is 13.0 Å². The lowest BCUT2D eigenvalue weighted by atomic mass is 9.98. The first kappa shape index (κ1) is 33.0. The number of hydrogen-bond acceptors (Lipinski definition) is 6. The molecule has 248 valence electrons. The average molecular weight is 656 g/mol. The largest absolute Gasteiger partial charge is 0.506 e. The van der Waals surface area contributed by atoms with Crippen LogP contribution in [0.2, 0.25) is 0 Å². The van der Waals surface area contributed by atoms with Crippen molar-refractivity contribution >= 4 is 17.0 Å². The third-order valence-electron chi connectivity index (χ3n) is 8.43. The fourth-order valence-corrected chi connectivity index (χ4v) is 5.89. The van der Waals surface area contributed by atoms with E-state index in [0.29, 0.717) is 48.3 Å². The first-order valence-electron chi connectivity index (χ1n) is 16.0. The lowest BCUT2D eigenvalue weighted by molar-refractivity contribution is 0.176. The highest BCUT2D eigenvalue weighted by Gasteiger charge is 2.17. The Morgan fingerprint density at radius 2 is 1.47 bits per heavy atom. The molecule has 0 radical (unpaired) electrons. The van der Waals surface area contributed by atoms with Gasteiger partial charge in [-0.3, -0.25) is 4.79 Å². The van der Waals surface area contributed by atoms with Crippen molar-refractivity contribution < 1.29 is 24.9 Å². The van der Waals surface area contributed by atoms with Crippen LogP contribution in [-0.4, -0.2) is 39.5 Å². The Bertz CT molecular complexity index is 2080. The zero-order chi connectivity index (χ0) is 34.2. The van der Waals surface area contributed by atoms with Gasteiger partial charge in [0.1, 0.15) is 11.5 Å². The highest BCUT2D eigenvalue weighted by molar-refractivity contribution is 5.87. The monoisotopic (exact) mass is 655 g/mol. The number of phenols is 1. The van der Waals surface area contributed by atoms with Crippen molar-refractivity contribution in [1.82, 2.24) is 15.6 Å². The lowest BCUT2D eigenvalue weighted by Gasteiger charge is -2.19. The molecule has 0 aliphatic carbocycles. The number of fused-ring (bicyclic) bond motifs is 1. The molecular formula is C40H37N3O6. The van der Waals surface area contributed by atoms with Crippen molar-refractivity contribution in [2.24, 2.45) is 0 Å². The number of pyridine rings is 1. The molecule has 1 heterocycles. The smallest absolute Gasteiger partial charge is 0.405 e. The van der Waals surface area contributed by atoms with Gasteiger partial charge < -0.3 is 35.7 Å². The summed E-state index contributed by atoms with van der Waals surface area (Å²) in [5.41, 5.74) is 6.68. The molecule has 9 heteroatoms. The summed E-state index contributed by atoms with van der Waals surface area (Å²) in [6.45, 7) is 1.34. The molecule has 49 heavy (non-hydrogen) atoms. The summed E-state index contributed by atoms with van der Waals surface area (Å²) in [4.78, 5) is 25.8. The number of benzene rings is 5. The number of rotatable bonds is 13. The second-order valence-electron chi connectivity index (χ2n) is 11.8. The van der Waals surface area contributed by atoms with Crippen LogP contribution in [0.25, 0.3) is 22.0 Å².